The highest BCUT2D eigenvalue weighted by atomic mass is 15.2. The van der Waals surface area contributed by atoms with Gasteiger partial charge in [-0.1, -0.05) is 66.2 Å². The first-order chi connectivity index (χ1) is 15.3. The molecule has 3 heterocycles. The quantitative estimate of drug-likeness (QED) is 0.368. The maximum Gasteiger partial charge on any atom is 0.0903 e. The van der Waals surface area contributed by atoms with E-state index in [1.54, 1.807) is 0 Å². The number of unbranched alkanes of at least 4 members (excludes halogenated alkanes) is 3. The molecule has 1 aromatic rings. The molecule has 0 bridgehead atoms. The Morgan fingerprint density at radius 1 is 1.22 bits per heavy atom. The lowest BCUT2D eigenvalue weighted by atomic mass is 9.75. The fourth-order valence-electron chi connectivity index (χ4n) is 5.29. The Bertz CT molecular complexity index is 973. The number of hydrogen-bond donors (Lipinski definition) is 0. The molecule has 0 saturated heterocycles. The maximum absolute atomic E-state index is 5.41. The summed E-state index contributed by atoms with van der Waals surface area (Å²) < 4.78 is 0. The monoisotopic (exact) mass is 430 g/mol. The van der Waals surface area contributed by atoms with E-state index in [1.165, 1.54) is 78.7 Å². The van der Waals surface area contributed by atoms with Crippen LogP contribution in [0.4, 0.5) is 0 Å². The molecule has 1 unspecified atom stereocenters. The molecule has 2 heteroatoms. The summed E-state index contributed by atoms with van der Waals surface area (Å²) in [7, 11) is 0. The number of aryl methyl sites for hydroxylation is 1. The zero-order valence-corrected chi connectivity index (χ0v) is 21.1. The van der Waals surface area contributed by atoms with Crippen LogP contribution in [0.25, 0.3) is 5.70 Å². The Hall–Kier alpha value is -2.09. The van der Waals surface area contributed by atoms with Crippen molar-refractivity contribution in [3.63, 3.8) is 0 Å². The highest BCUT2D eigenvalue weighted by molar-refractivity contribution is 5.76. The highest BCUT2D eigenvalue weighted by Gasteiger charge is 2.43. The van der Waals surface area contributed by atoms with E-state index >= 15 is 0 Å². The predicted octanol–water partition coefficient (Wildman–Crippen LogP) is 8.12. The molecule has 0 spiro atoms. The second-order valence-electron chi connectivity index (χ2n) is 10.7. The Morgan fingerprint density at radius 3 is 2.59 bits per heavy atom. The van der Waals surface area contributed by atoms with Crippen molar-refractivity contribution in [2.24, 2.45) is 5.92 Å². The topological polar surface area (TPSA) is 16.1 Å². The van der Waals surface area contributed by atoms with Gasteiger partial charge in [-0.25, -0.2) is 0 Å². The first-order valence-corrected chi connectivity index (χ1v) is 12.9. The second-order valence-corrected chi connectivity index (χ2v) is 10.7. The minimum absolute atomic E-state index is 0.0149. The highest BCUT2D eigenvalue weighted by Crippen LogP contribution is 2.48. The molecule has 0 amide bonds. The fourth-order valence-corrected chi connectivity index (χ4v) is 5.29. The van der Waals surface area contributed by atoms with Crippen molar-refractivity contribution in [1.29, 1.82) is 0 Å². The molecule has 0 N–H and O–H groups in total. The summed E-state index contributed by atoms with van der Waals surface area (Å²) >= 11 is 0. The Balaban J connectivity index is 1.79. The molecule has 172 valence electrons. The van der Waals surface area contributed by atoms with E-state index in [-0.39, 0.29) is 5.54 Å². The predicted molar refractivity (Wildman–Crippen MR) is 137 cm³/mol. The molecule has 0 radical (unpaired) electrons. The van der Waals surface area contributed by atoms with Gasteiger partial charge in [0.2, 0.25) is 0 Å². The van der Waals surface area contributed by atoms with Crippen LogP contribution in [0.3, 0.4) is 0 Å². The van der Waals surface area contributed by atoms with Gasteiger partial charge in [-0.15, -0.1) is 0 Å². The van der Waals surface area contributed by atoms with Crippen molar-refractivity contribution in [3.8, 4) is 0 Å². The van der Waals surface area contributed by atoms with Gasteiger partial charge >= 0.3 is 0 Å². The van der Waals surface area contributed by atoms with Gasteiger partial charge in [0.15, 0.2) is 0 Å². The third-order valence-corrected chi connectivity index (χ3v) is 8.05. The van der Waals surface area contributed by atoms with Gasteiger partial charge < -0.3 is 4.90 Å². The molecule has 2 aliphatic heterocycles. The van der Waals surface area contributed by atoms with E-state index in [0.29, 0.717) is 11.8 Å². The summed E-state index contributed by atoms with van der Waals surface area (Å²) in [5, 5.41) is 0. The number of fused-ring (bicyclic) bond motifs is 3. The average Bonchev–Trinajstić information content (AvgIpc) is 3.60. The Morgan fingerprint density at radius 2 is 1.97 bits per heavy atom. The first-order valence-electron chi connectivity index (χ1n) is 12.9. The molecule has 32 heavy (non-hydrogen) atoms. The van der Waals surface area contributed by atoms with Crippen LogP contribution in [0.5, 0.6) is 0 Å². The van der Waals surface area contributed by atoms with E-state index in [9.17, 15) is 0 Å². The molecule has 1 aliphatic carbocycles. The lowest BCUT2D eigenvalue weighted by Gasteiger charge is -2.50. The fraction of sp³-hybridized carbons (Fsp3) is 0.567. The van der Waals surface area contributed by atoms with E-state index < -0.39 is 0 Å². The molecule has 0 aromatic carbocycles. The third kappa shape index (κ3) is 4.14. The van der Waals surface area contributed by atoms with Crippen molar-refractivity contribution in [1.82, 2.24) is 9.88 Å². The van der Waals surface area contributed by atoms with Gasteiger partial charge in [-0.05, 0) is 85.3 Å². The minimum Gasteiger partial charge on any atom is -0.339 e. The summed E-state index contributed by atoms with van der Waals surface area (Å²) in [4.78, 5) is 7.91. The number of aromatic nitrogens is 1. The van der Waals surface area contributed by atoms with Gasteiger partial charge in [0.05, 0.1) is 11.4 Å². The molecule has 3 aliphatic rings. The van der Waals surface area contributed by atoms with Gasteiger partial charge in [0.25, 0.3) is 0 Å². The average molecular weight is 431 g/mol. The van der Waals surface area contributed by atoms with Crippen LogP contribution >= 0.6 is 0 Å². The molecule has 1 atom stereocenters. The number of nitrogens with zero attached hydrogens (tertiary/aromatic N) is 2. The minimum atomic E-state index is 0.0149. The van der Waals surface area contributed by atoms with Gasteiger partial charge in [-0.2, -0.15) is 0 Å². The van der Waals surface area contributed by atoms with Crippen LogP contribution in [0.1, 0.15) is 108 Å². The molecular weight excluding hydrogens is 388 g/mol. The molecule has 1 aromatic heterocycles. The van der Waals surface area contributed by atoms with Crippen molar-refractivity contribution in [2.75, 3.05) is 0 Å². The largest absolute Gasteiger partial charge is 0.339 e. The van der Waals surface area contributed by atoms with Gasteiger partial charge in [-0.3, -0.25) is 4.98 Å². The van der Waals surface area contributed by atoms with Crippen molar-refractivity contribution < 1.29 is 0 Å². The lowest BCUT2D eigenvalue weighted by Crippen LogP contribution is -2.52. The zero-order valence-electron chi connectivity index (χ0n) is 21.1. The van der Waals surface area contributed by atoms with E-state index in [1.807, 2.05) is 0 Å². The number of allylic oxidation sites excluding steroid dienone is 4. The lowest BCUT2D eigenvalue weighted by molar-refractivity contribution is 0.157. The maximum atomic E-state index is 5.41. The number of pyridine rings is 1. The SMILES string of the molecule is C=C1C=C2c3nc(C4CC4)c(CCCCCC)cc3CC(C)(C(C)C)N2C=C1C(=C)CC. The molecule has 4 rings (SSSR count). The summed E-state index contributed by atoms with van der Waals surface area (Å²) in [5.41, 5.74) is 10.2. The van der Waals surface area contributed by atoms with Crippen LogP contribution in [0.15, 0.2) is 48.2 Å². The van der Waals surface area contributed by atoms with Crippen LogP contribution in [-0.2, 0) is 12.8 Å². The molecular formula is C30H42N2. The van der Waals surface area contributed by atoms with Crippen LogP contribution in [0, 0.1) is 5.92 Å². The summed E-state index contributed by atoms with van der Waals surface area (Å²) in [6, 6.07) is 2.54. The second kappa shape index (κ2) is 9.04. The van der Waals surface area contributed by atoms with Crippen LogP contribution < -0.4 is 0 Å². The van der Waals surface area contributed by atoms with Crippen molar-refractivity contribution in [2.45, 2.75) is 104 Å². The summed E-state index contributed by atoms with van der Waals surface area (Å²) in [6.07, 6.45) is 15.6. The van der Waals surface area contributed by atoms with Crippen molar-refractivity contribution in [3.05, 3.63) is 70.7 Å². The van der Waals surface area contributed by atoms with E-state index in [4.69, 9.17) is 4.98 Å². The standard InChI is InChI=1S/C30H42N2/c1-8-10-11-12-13-24-17-25-18-30(7,20(3)4)32-19-26(21(5)9-2)22(6)16-27(32)29(25)31-28(24)23-14-15-23/h16-17,19-20,23H,5-6,8-15,18H2,1-4,7H3. The zero-order chi connectivity index (χ0) is 23.0. The summed E-state index contributed by atoms with van der Waals surface area (Å²) in [6.45, 7) is 20.3. The summed E-state index contributed by atoms with van der Waals surface area (Å²) in [5.74, 6) is 1.18. The van der Waals surface area contributed by atoms with E-state index in [2.05, 4.69) is 71.0 Å². The molecule has 2 nitrogen and oxygen atoms in total. The Labute approximate surface area is 196 Å². The van der Waals surface area contributed by atoms with Gasteiger partial charge in [0.1, 0.15) is 0 Å². The molecule has 1 saturated carbocycles. The van der Waals surface area contributed by atoms with Gasteiger partial charge in [0, 0.05) is 23.4 Å². The van der Waals surface area contributed by atoms with Crippen LogP contribution in [-0.4, -0.2) is 15.4 Å². The Kier molecular flexibility index (Phi) is 6.52. The third-order valence-electron chi connectivity index (χ3n) is 8.05. The molecule has 1 fully saturated rings. The van der Waals surface area contributed by atoms with Crippen LogP contribution in [0.2, 0.25) is 0 Å². The normalized spacial score (nSPS) is 22.4. The van der Waals surface area contributed by atoms with E-state index in [0.717, 1.165) is 24.0 Å². The number of hydrogen-bond acceptors (Lipinski definition) is 2. The first kappa shape index (κ1) is 23.1. The smallest absolute Gasteiger partial charge is 0.0903 e. The van der Waals surface area contributed by atoms with Crippen molar-refractivity contribution >= 4 is 5.70 Å². The number of rotatable bonds is 9.